The van der Waals surface area contributed by atoms with E-state index < -0.39 is 14.1 Å². The van der Waals surface area contributed by atoms with Gasteiger partial charge in [0.15, 0.2) is 0 Å². The molecule has 0 saturated carbocycles. The summed E-state index contributed by atoms with van der Waals surface area (Å²) in [6.07, 6.45) is 1.71. The molecule has 2 aromatic rings. The number of nitrogens with one attached hydrogen (secondary N) is 1. The van der Waals surface area contributed by atoms with Gasteiger partial charge in [0.25, 0.3) is 5.91 Å². The van der Waals surface area contributed by atoms with Crippen LogP contribution in [-0.2, 0) is 0 Å². The van der Waals surface area contributed by atoms with Crippen LogP contribution in [0.25, 0.3) is 0 Å². The highest BCUT2D eigenvalue weighted by Crippen LogP contribution is 2.23. The minimum absolute atomic E-state index is 0.0455. The van der Waals surface area contributed by atoms with Crippen LogP contribution < -0.4 is 15.6 Å². The van der Waals surface area contributed by atoms with Gasteiger partial charge in [-0.1, -0.05) is 30.8 Å². The number of hydrogen-bond acceptors (Lipinski definition) is 5. The fourth-order valence-corrected chi connectivity index (χ4v) is 5.95. The summed E-state index contributed by atoms with van der Waals surface area (Å²) in [5, 5.41) is 18.4. The maximum Gasteiger partial charge on any atom is 0.356 e. The summed E-state index contributed by atoms with van der Waals surface area (Å²) in [7, 11) is -1.46. The zero-order valence-corrected chi connectivity index (χ0v) is 19.3. The summed E-state index contributed by atoms with van der Waals surface area (Å²) in [5.41, 5.74) is 7.23. The number of thiophene rings is 1. The van der Waals surface area contributed by atoms with E-state index in [1.807, 2.05) is 6.92 Å². The molecule has 0 unspecified atom stereocenters. The molecule has 0 aliphatic heterocycles. The van der Waals surface area contributed by atoms with E-state index in [9.17, 15) is 9.59 Å². The predicted molar refractivity (Wildman–Crippen MR) is 122 cm³/mol. The molecule has 1 heterocycles. The Morgan fingerprint density at radius 3 is 2.31 bits per heavy atom. The molecule has 156 valence electrons. The van der Waals surface area contributed by atoms with E-state index in [0.717, 1.165) is 11.1 Å². The lowest BCUT2D eigenvalue weighted by molar-refractivity contribution is 0.0958. The summed E-state index contributed by atoms with van der Waals surface area (Å²) in [4.78, 5) is 23.6. The first kappa shape index (κ1) is 24.3. The number of amides is 3. The Balaban J connectivity index is 0.000000308. The highest BCUT2D eigenvalue weighted by molar-refractivity contribution is 7.27. The van der Waals surface area contributed by atoms with Crippen molar-refractivity contribution < 1.29 is 14.7 Å². The lowest BCUT2D eigenvalue weighted by atomic mass is 10.1. The van der Waals surface area contributed by atoms with Gasteiger partial charge in [-0.15, -0.1) is 23.0 Å². The van der Waals surface area contributed by atoms with Gasteiger partial charge in [0.1, 0.15) is 5.75 Å². The van der Waals surface area contributed by atoms with Gasteiger partial charge in [-0.2, -0.15) is 0 Å². The Hall–Kier alpha value is -2.78. The molecule has 0 saturated heterocycles. The van der Waals surface area contributed by atoms with Gasteiger partial charge >= 0.3 is 6.03 Å². The molecular formula is C20H28N4O3SSi. The lowest BCUT2D eigenvalue weighted by Gasteiger charge is -2.16. The maximum atomic E-state index is 12.2. The topological polar surface area (TPSA) is 117 Å². The van der Waals surface area contributed by atoms with Crippen LogP contribution in [0, 0.1) is 13.8 Å². The standard InChI is InChI=1S/C13H21NOSSi.C7H7N3O2/c1-7-8-14-12(15)11-9(2)10(3)16-13(11)17(4,5)6;8-7(12)10-9-5-1-3-6(11)4-2-5/h7H,1,8H2,2-6H3,(H,14,15);1-4,11H,(H2,8,12). The molecule has 0 bridgehead atoms. The normalized spacial score (nSPS) is 10.9. The zero-order chi connectivity index (χ0) is 22.2. The summed E-state index contributed by atoms with van der Waals surface area (Å²) < 4.78 is 1.30. The number of benzene rings is 1. The van der Waals surface area contributed by atoms with Crippen molar-refractivity contribution in [2.75, 3.05) is 6.54 Å². The minimum Gasteiger partial charge on any atom is -0.508 e. The van der Waals surface area contributed by atoms with E-state index in [0.29, 0.717) is 12.2 Å². The molecule has 0 atom stereocenters. The zero-order valence-electron chi connectivity index (χ0n) is 17.4. The average Bonchev–Trinajstić information content (AvgIpc) is 2.95. The molecule has 0 radical (unpaired) electrons. The van der Waals surface area contributed by atoms with Gasteiger partial charge in [-0.25, -0.2) is 4.79 Å². The van der Waals surface area contributed by atoms with E-state index in [1.54, 1.807) is 17.4 Å². The van der Waals surface area contributed by atoms with E-state index >= 15 is 0 Å². The van der Waals surface area contributed by atoms with Crippen molar-refractivity contribution in [3.8, 4) is 5.75 Å². The van der Waals surface area contributed by atoms with Crippen molar-refractivity contribution >= 4 is 41.5 Å². The number of aromatic hydroxyl groups is 1. The number of nitrogens with zero attached hydrogens (tertiary/aromatic N) is 2. The first-order valence-corrected chi connectivity index (χ1v) is 13.3. The lowest BCUT2D eigenvalue weighted by Crippen LogP contribution is -2.41. The Bertz CT molecular complexity index is 900. The summed E-state index contributed by atoms with van der Waals surface area (Å²) in [6.45, 7) is 15.1. The SMILES string of the molecule is C=CCNC(=O)c1c([Si](C)(C)C)sc(C)c1C.NC(=O)N=Nc1ccc(O)cc1. The molecule has 1 aromatic carbocycles. The Kier molecular flexibility index (Phi) is 8.93. The van der Waals surface area contributed by atoms with Gasteiger partial charge < -0.3 is 16.2 Å². The van der Waals surface area contributed by atoms with Crippen molar-refractivity contribution in [3.63, 3.8) is 0 Å². The fourth-order valence-electron chi connectivity index (χ4n) is 2.31. The third-order valence-electron chi connectivity index (χ3n) is 3.81. The number of azo groups is 1. The number of phenolic OH excluding ortho intramolecular Hbond substituents is 1. The van der Waals surface area contributed by atoms with E-state index in [4.69, 9.17) is 10.8 Å². The molecule has 0 aliphatic carbocycles. The summed E-state index contributed by atoms with van der Waals surface area (Å²) in [6, 6.07) is 5.07. The number of aryl methyl sites for hydroxylation is 1. The number of rotatable bonds is 5. The molecule has 9 heteroatoms. The van der Waals surface area contributed by atoms with Crippen LogP contribution in [0.15, 0.2) is 47.1 Å². The van der Waals surface area contributed by atoms with E-state index in [2.05, 4.69) is 48.7 Å². The first-order valence-electron chi connectivity index (χ1n) is 8.97. The number of urea groups is 1. The molecule has 0 fully saturated rings. The molecule has 4 N–H and O–H groups in total. The third-order valence-corrected chi connectivity index (χ3v) is 8.59. The second kappa shape index (κ2) is 10.7. The number of hydrogen-bond donors (Lipinski definition) is 3. The van der Waals surface area contributed by atoms with Crippen LogP contribution >= 0.6 is 11.3 Å². The fraction of sp³-hybridized carbons (Fsp3) is 0.300. The molecule has 3 amide bonds. The quantitative estimate of drug-likeness (QED) is 0.370. The molecule has 1 aromatic heterocycles. The van der Waals surface area contributed by atoms with Gasteiger partial charge in [0.05, 0.1) is 19.3 Å². The minimum atomic E-state index is -1.46. The van der Waals surface area contributed by atoms with Crippen LogP contribution in [-0.4, -0.2) is 31.7 Å². The highest BCUT2D eigenvalue weighted by atomic mass is 32.1. The molecule has 29 heavy (non-hydrogen) atoms. The van der Waals surface area contributed by atoms with Gasteiger partial charge in [0.2, 0.25) is 0 Å². The second-order valence-electron chi connectivity index (χ2n) is 7.29. The Morgan fingerprint density at radius 2 is 1.83 bits per heavy atom. The molecule has 2 rings (SSSR count). The number of primary amides is 1. The second-order valence-corrected chi connectivity index (χ2v) is 13.9. The van der Waals surface area contributed by atoms with Gasteiger partial charge in [0, 0.05) is 15.9 Å². The molecule has 7 nitrogen and oxygen atoms in total. The van der Waals surface area contributed by atoms with Crippen molar-refractivity contribution in [2.45, 2.75) is 33.5 Å². The Labute approximate surface area is 176 Å². The van der Waals surface area contributed by atoms with E-state index in [1.165, 1.54) is 33.6 Å². The van der Waals surface area contributed by atoms with Gasteiger partial charge in [-0.3, -0.25) is 4.79 Å². The van der Waals surface area contributed by atoms with Crippen LogP contribution in [0.2, 0.25) is 19.6 Å². The summed E-state index contributed by atoms with van der Waals surface area (Å²) >= 11 is 1.78. The molecular weight excluding hydrogens is 404 g/mol. The van der Waals surface area contributed by atoms with Crippen molar-refractivity contribution in [3.05, 3.63) is 52.9 Å². The number of phenols is 1. The van der Waals surface area contributed by atoms with Gasteiger partial charge in [-0.05, 0) is 43.7 Å². The number of carbonyl (C=O) groups excluding carboxylic acids is 2. The largest absolute Gasteiger partial charge is 0.508 e. The smallest absolute Gasteiger partial charge is 0.356 e. The maximum absolute atomic E-state index is 12.2. The average molecular weight is 433 g/mol. The first-order chi connectivity index (χ1) is 13.5. The third kappa shape index (κ3) is 7.63. The van der Waals surface area contributed by atoms with Crippen LogP contribution in [0.5, 0.6) is 5.75 Å². The molecule has 0 aliphatic rings. The van der Waals surface area contributed by atoms with Crippen LogP contribution in [0.1, 0.15) is 20.8 Å². The van der Waals surface area contributed by atoms with Crippen molar-refractivity contribution in [1.29, 1.82) is 0 Å². The number of nitrogens with two attached hydrogens (primary N) is 1. The Morgan fingerprint density at radius 1 is 1.24 bits per heavy atom. The van der Waals surface area contributed by atoms with Crippen LogP contribution in [0.4, 0.5) is 10.5 Å². The van der Waals surface area contributed by atoms with Crippen molar-refractivity contribution in [1.82, 2.24) is 5.32 Å². The summed E-state index contributed by atoms with van der Waals surface area (Å²) in [5.74, 6) is 0.178. The highest BCUT2D eigenvalue weighted by Gasteiger charge is 2.28. The van der Waals surface area contributed by atoms with Crippen molar-refractivity contribution in [2.24, 2.45) is 16.0 Å². The predicted octanol–water partition coefficient (Wildman–Crippen LogP) is 4.38. The monoisotopic (exact) mass is 432 g/mol. The van der Waals surface area contributed by atoms with Crippen LogP contribution in [0.3, 0.4) is 0 Å². The molecule has 0 spiro atoms. The number of carbonyl (C=O) groups is 2. The van der Waals surface area contributed by atoms with E-state index in [-0.39, 0.29) is 11.7 Å².